The summed E-state index contributed by atoms with van der Waals surface area (Å²) in [7, 11) is 8.81. The molecule has 0 bridgehead atoms. The Labute approximate surface area is 571 Å². The fourth-order valence-corrected chi connectivity index (χ4v) is 15.8. The van der Waals surface area contributed by atoms with Crippen LogP contribution in [0, 0.1) is 11.5 Å². The molecule has 30 heteroatoms. The van der Waals surface area contributed by atoms with Crippen LogP contribution < -0.4 is 5.32 Å². The SMILES string of the molecule is CCN1CCCN(CC(=O)N(C)C)CCN(CC(=O)N(C)C)C(CO)CN(CC)CC1.CCO[Si](CCCNC(=O)OCC1CN(CC)CCN(CC)CCCN(CC(=O)N(C)C)CCN1CC(=O)N(C)C)(OCC)OCC.CCO[Si](CCCOC#N)(OCC)OCC. The number of carbonyl (C=O) groups is 5. The molecular formula is C64H134N14O14Si2. The minimum Gasteiger partial charge on any atom is -0.448 e. The molecule has 2 aliphatic heterocycles. The number of hydrogen-bond donors (Lipinski definition) is 2. The summed E-state index contributed by atoms with van der Waals surface area (Å²) in [6.07, 6.45) is 4.44. The quantitative estimate of drug-likeness (QED) is 0.0525. The van der Waals surface area contributed by atoms with Gasteiger partial charge in [0.2, 0.25) is 23.6 Å². The number of nitrogens with zero attached hydrogens (tertiary/aromatic N) is 13. The standard InChI is InChI=1S/C32H67N7O7Si.C22H46N6O3.C10H21NO4Si/c1-10-36-18-16-19-38(26-30(40)34(6)7)22-23-39(27-31(41)35(8)9)29(25-37(11-2)21-20-36)28-43-32(42)33-17-15-24-47(44-12-3,45-13-4)46-14-5;1-7-25-10-9-11-27(17-21(30)23(3)4)14-15-28(18-22(31)24(5)6)20(19-29)16-26(8-2)13-12-25;1-4-13-16(14-5-2,15-6-3)9-7-8-12-10-11/h29H,10-28H2,1-9H3,(H,33,42);20,29H,7-19H2,1-6H3;4-9H2,1-3H3. The van der Waals surface area contributed by atoms with Gasteiger partial charge in [-0.2, -0.15) is 5.26 Å². The van der Waals surface area contributed by atoms with Crippen LogP contribution in [0.25, 0.3) is 0 Å². The third-order valence-corrected chi connectivity index (χ3v) is 22.7. The second kappa shape index (κ2) is 54.2. The lowest BCUT2D eigenvalue weighted by Gasteiger charge is -2.36. The lowest BCUT2D eigenvalue weighted by Crippen LogP contribution is -2.53. The van der Waals surface area contributed by atoms with Gasteiger partial charge in [0, 0.05) is 186 Å². The molecule has 0 aromatic carbocycles. The molecule has 2 fully saturated rings. The highest BCUT2D eigenvalue weighted by Crippen LogP contribution is 2.20. The second-order valence-corrected chi connectivity index (χ2v) is 29.6. The molecule has 94 heavy (non-hydrogen) atoms. The van der Waals surface area contributed by atoms with E-state index in [0.29, 0.717) is 124 Å². The van der Waals surface area contributed by atoms with E-state index in [0.717, 1.165) is 97.9 Å². The van der Waals surface area contributed by atoms with Gasteiger partial charge < -0.3 is 85.7 Å². The second-order valence-electron chi connectivity index (χ2n) is 24.1. The van der Waals surface area contributed by atoms with Gasteiger partial charge in [-0.25, -0.2) is 4.79 Å². The van der Waals surface area contributed by atoms with Gasteiger partial charge in [-0.3, -0.25) is 38.8 Å². The maximum atomic E-state index is 13.0. The molecule has 2 atom stereocenters. The van der Waals surface area contributed by atoms with Crippen LogP contribution in [0.3, 0.4) is 0 Å². The maximum absolute atomic E-state index is 13.0. The van der Waals surface area contributed by atoms with E-state index in [1.165, 1.54) is 0 Å². The van der Waals surface area contributed by atoms with Gasteiger partial charge in [0.15, 0.2) is 0 Å². The number of nitriles is 1. The highest BCUT2D eigenvalue weighted by atomic mass is 28.4. The summed E-state index contributed by atoms with van der Waals surface area (Å²) in [5, 5.41) is 21.3. The van der Waals surface area contributed by atoms with Crippen molar-refractivity contribution in [2.75, 3.05) is 266 Å². The van der Waals surface area contributed by atoms with E-state index in [-0.39, 0.29) is 62.0 Å². The topological polar surface area (TPSA) is 254 Å². The number of amides is 5. The Kier molecular flexibility index (Phi) is 52.1. The Morgan fingerprint density at radius 2 is 0.787 bits per heavy atom. The van der Waals surface area contributed by atoms with Crippen LogP contribution in [0.2, 0.25) is 12.1 Å². The van der Waals surface area contributed by atoms with Crippen molar-refractivity contribution in [3.63, 3.8) is 0 Å². The Hall–Kier alpha value is -3.73. The van der Waals surface area contributed by atoms with Crippen LogP contribution in [0.1, 0.15) is 94.9 Å². The summed E-state index contributed by atoms with van der Waals surface area (Å²) in [6.45, 7) is 40.4. The number of hydrogen-bond acceptors (Lipinski definition) is 23. The van der Waals surface area contributed by atoms with E-state index < -0.39 is 23.7 Å². The van der Waals surface area contributed by atoms with Crippen LogP contribution in [-0.2, 0) is 55.2 Å². The molecule has 2 aliphatic rings. The van der Waals surface area contributed by atoms with Crippen LogP contribution in [-0.4, -0.2) is 390 Å². The largest absolute Gasteiger partial charge is 0.501 e. The third-order valence-electron chi connectivity index (χ3n) is 16.4. The van der Waals surface area contributed by atoms with Crippen molar-refractivity contribution >= 4 is 47.3 Å². The van der Waals surface area contributed by atoms with Crippen LogP contribution >= 0.6 is 0 Å². The third kappa shape index (κ3) is 39.6. The van der Waals surface area contributed by atoms with Gasteiger partial charge in [0.05, 0.1) is 38.8 Å². The molecule has 5 amide bonds. The Morgan fingerprint density at radius 1 is 0.457 bits per heavy atom. The van der Waals surface area contributed by atoms with E-state index in [2.05, 4.69) is 76.9 Å². The molecule has 2 unspecified atom stereocenters. The Morgan fingerprint density at radius 3 is 1.14 bits per heavy atom. The first-order valence-corrected chi connectivity index (χ1v) is 38.7. The van der Waals surface area contributed by atoms with Crippen molar-refractivity contribution in [1.82, 2.24) is 64.1 Å². The van der Waals surface area contributed by atoms with Crippen molar-refractivity contribution in [2.45, 2.75) is 119 Å². The van der Waals surface area contributed by atoms with Crippen molar-refractivity contribution in [2.24, 2.45) is 0 Å². The maximum Gasteiger partial charge on any atom is 0.501 e. The summed E-state index contributed by atoms with van der Waals surface area (Å²) in [5.41, 5.74) is 0. The van der Waals surface area contributed by atoms with Crippen molar-refractivity contribution in [3.8, 4) is 6.26 Å². The van der Waals surface area contributed by atoms with Crippen LogP contribution in [0.4, 0.5) is 4.79 Å². The van der Waals surface area contributed by atoms with Crippen LogP contribution in [0.5, 0.6) is 0 Å². The van der Waals surface area contributed by atoms with Gasteiger partial charge in [-0.1, -0.05) is 27.7 Å². The number of nitrogens with one attached hydrogen (secondary N) is 1. The van der Waals surface area contributed by atoms with Gasteiger partial charge in [-0.05, 0) is 120 Å². The lowest BCUT2D eigenvalue weighted by molar-refractivity contribution is -0.132. The molecule has 0 aromatic rings. The van der Waals surface area contributed by atoms with Crippen molar-refractivity contribution in [1.29, 1.82) is 5.26 Å². The van der Waals surface area contributed by atoms with E-state index in [1.54, 1.807) is 82.2 Å². The highest BCUT2D eigenvalue weighted by Gasteiger charge is 2.41. The van der Waals surface area contributed by atoms with Gasteiger partial charge >= 0.3 is 23.7 Å². The predicted octanol–water partition coefficient (Wildman–Crippen LogP) is 2.45. The van der Waals surface area contributed by atoms with Gasteiger partial charge in [-0.15, -0.1) is 0 Å². The molecule has 0 aromatic heterocycles. The van der Waals surface area contributed by atoms with E-state index in [1.807, 2.05) is 41.5 Å². The molecule has 0 saturated carbocycles. The van der Waals surface area contributed by atoms with Gasteiger partial charge in [0.1, 0.15) is 13.2 Å². The summed E-state index contributed by atoms with van der Waals surface area (Å²) in [4.78, 5) is 88.2. The molecule has 2 saturated heterocycles. The molecular weight excluding hydrogens is 1240 g/mol. The lowest BCUT2D eigenvalue weighted by atomic mass is 10.2. The number of aliphatic hydroxyl groups is 1. The van der Waals surface area contributed by atoms with Gasteiger partial charge in [0.25, 0.3) is 6.26 Å². The summed E-state index contributed by atoms with van der Waals surface area (Å²) >= 11 is 0. The summed E-state index contributed by atoms with van der Waals surface area (Å²) in [6, 6.07) is 0.940. The minimum absolute atomic E-state index is 0.00529. The molecule has 2 N–H and O–H groups in total. The summed E-state index contributed by atoms with van der Waals surface area (Å²) < 4.78 is 45.2. The Balaban J connectivity index is 0.00000157. The normalized spacial score (nSPS) is 18.3. The number of likely N-dealkylation sites (N-methyl/N-ethyl adjacent to an activating group) is 8. The molecule has 552 valence electrons. The molecule has 0 aliphatic carbocycles. The number of carbonyl (C=O) groups excluding carboxylic acids is 5. The molecule has 2 rings (SSSR count). The van der Waals surface area contributed by atoms with Crippen molar-refractivity contribution < 1.29 is 65.1 Å². The monoisotopic (exact) mass is 1380 g/mol. The van der Waals surface area contributed by atoms with E-state index in [4.69, 9.17) is 36.6 Å². The zero-order valence-electron chi connectivity index (χ0n) is 62.1. The number of ether oxygens (including phenoxy) is 2. The average molecular weight is 1380 g/mol. The zero-order valence-corrected chi connectivity index (χ0v) is 64.1. The fraction of sp³-hybridized carbons (Fsp3) is 0.906. The highest BCUT2D eigenvalue weighted by molar-refractivity contribution is 6.61. The number of rotatable bonds is 35. The first kappa shape index (κ1) is 90.3. The zero-order chi connectivity index (χ0) is 70.9. The van der Waals surface area contributed by atoms with Crippen LogP contribution in [0.15, 0.2) is 0 Å². The molecule has 0 radical (unpaired) electrons. The fourth-order valence-electron chi connectivity index (χ4n) is 10.7. The molecule has 0 spiro atoms. The predicted molar refractivity (Wildman–Crippen MR) is 374 cm³/mol. The molecule has 28 nitrogen and oxygen atoms in total. The van der Waals surface area contributed by atoms with E-state index >= 15 is 0 Å². The average Bonchev–Trinajstić information content (AvgIpc) is 1.85. The summed E-state index contributed by atoms with van der Waals surface area (Å²) in [5.74, 6) is 0.141. The smallest absolute Gasteiger partial charge is 0.448 e. The minimum atomic E-state index is -2.79. The van der Waals surface area contributed by atoms with E-state index in [9.17, 15) is 29.1 Å². The number of aliphatic hydroxyl groups excluding tert-OH is 1. The number of alkyl carbamates (subject to hydrolysis) is 1. The first-order chi connectivity index (χ1) is 44.9. The Bertz CT molecular complexity index is 1990. The molecule has 2 heterocycles. The first-order valence-electron chi connectivity index (χ1n) is 34.9. The van der Waals surface area contributed by atoms with Crippen molar-refractivity contribution in [3.05, 3.63) is 0 Å².